The van der Waals surface area contributed by atoms with Crippen molar-refractivity contribution in [3.05, 3.63) is 17.3 Å². The van der Waals surface area contributed by atoms with Gasteiger partial charge in [0.05, 0.1) is 5.70 Å². The van der Waals surface area contributed by atoms with E-state index in [9.17, 15) is 0 Å². The second-order valence-corrected chi connectivity index (χ2v) is 3.44. The minimum atomic E-state index is 0.519. The fourth-order valence-electron chi connectivity index (χ4n) is 1.87. The summed E-state index contributed by atoms with van der Waals surface area (Å²) >= 11 is 0. The van der Waals surface area contributed by atoms with Crippen molar-refractivity contribution in [2.45, 2.75) is 20.3 Å². The smallest absolute Gasteiger partial charge is 0.0718 e. The first-order chi connectivity index (χ1) is 5.79. The summed E-state index contributed by atoms with van der Waals surface area (Å²) in [5.41, 5.74) is 2.35. The summed E-state index contributed by atoms with van der Waals surface area (Å²) in [5, 5.41) is 11.3. The van der Waals surface area contributed by atoms with Crippen molar-refractivity contribution in [1.82, 2.24) is 0 Å². The predicted molar refractivity (Wildman–Crippen MR) is 46.8 cm³/mol. The third-order valence-corrected chi connectivity index (χ3v) is 2.48. The Hall–Kier alpha value is -1.21. The molecule has 0 N–H and O–H groups in total. The zero-order chi connectivity index (χ0) is 8.55. The number of allylic oxidation sites excluding steroid dienone is 3. The summed E-state index contributed by atoms with van der Waals surface area (Å²) in [5.74, 6) is 3.85. The van der Waals surface area contributed by atoms with Crippen LogP contribution >= 0.6 is 0 Å². The Bertz CT molecular complexity index is 319. The highest BCUT2D eigenvalue weighted by Gasteiger charge is 2.27. The Labute approximate surface area is 71.6 Å². The highest BCUT2D eigenvalue weighted by atomic mass is 15.4. The summed E-state index contributed by atoms with van der Waals surface area (Å²) in [7, 11) is 0. The van der Waals surface area contributed by atoms with Crippen LogP contribution in [0.5, 0.6) is 0 Å². The average molecular weight is 161 g/mol. The molecular formula is C9H11N3. The minimum Gasteiger partial charge on any atom is -0.134 e. The van der Waals surface area contributed by atoms with E-state index in [2.05, 4.69) is 35.2 Å². The summed E-state index contributed by atoms with van der Waals surface area (Å²) in [6, 6.07) is 0. The molecule has 0 bridgehead atoms. The predicted octanol–water partition coefficient (Wildman–Crippen LogP) is 2.52. The van der Waals surface area contributed by atoms with Gasteiger partial charge in [0.25, 0.3) is 0 Å². The van der Waals surface area contributed by atoms with Gasteiger partial charge in [-0.05, 0) is 23.1 Å². The molecular weight excluding hydrogens is 150 g/mol. The quantitative estimate of drug-likeness (QED) is 0.523. The van der Waals surface area contributed by atoms with Crippen molar-refractivity contribution in [3.8, 4) is 0 Å². The monoisotopic (exact) mass is 161 g/mol. The maximum atomic E-state index is 4.06. The number of hydrogen-bond acceptors (Lipinski definition) is 3. The molecule has 0 saturated carbocycles. The van der Waals surface area contributed by atoms with E-state index in [1.807, 2.05) is 6.08 Å². The minimum absolute atomic E-state index is 0.519. The van der Waals surface area contributed by atoms with Gasteiger partial charge >= 0.3 is 0 Å². The van der Waals surface area contributed by atoms with Gasteiger partial charge in [-0.15, -0.1) is 5.11 Å². The van der Waals surface area contributed by atoms with Gasteiger partial charge in [-0.25, -0.2) is 0 Å². The van der Waals surface area contributed by atoms with Crippen molar-refractivity contribution in [1.29, 1.82) is 0 Å². The summed E-state index contributed by atoms with van der Waals surface area (Å²) < 4.78 is 0. The SMILES string of the molecule is CC1CC(C)C2=C1C=C=NN=N2. The Kier molecular flexibility index (Phi) is 1.66. The Morgan fingerprint density at radius 2 is 2.25 bits per heavy atom. The highest BCUT2D eigenvalue weighted by molar-refractivity contribution is 5.59. The van der Waals surface area contributed by atoms with Gasteiger partial charge in [0, 0.05) is 17.9 Å². The van der Waals surface area contributed by atoms with E-state index in [1.165, 1.54) is 12.0 Å². The normalized spacial score (nSPS) is 32.5. The van der Waals surface area contributed by atoms with Crippen molar-refractivity contribution >= 4 is 5.87 Å². The lowest BCUT2D eigenvalue weighted by atomic mass is 10.0. The molecule has 2 unspecified atom stereocenters. The molecule has 62 valence electrons. The van der Waals surface area contributed by atoms with Crippen LogP contribution in [0, 0.1) is 11.8 Å². The Balaban J connectivity index is 2.47. The first kappa shape index (κ1) is 7.44. The second kappa shape index (κ2) is 2.68. The van der Waals surface area contributed by atoms with E-state index >= 15 is 0 Å². The third kappa shape index (κ3) is 1.03. The van der Waals surface area contributed by atoms with E-state index in [4.69, 9.17) is 0 Å². The first-order valence-corrected chi connectivity index (χ1v) is 4.22. The lowest BCUT2D eigenvalue weighted by Crippen LogP contribution is -1.92. The van der Waals surface area contributed by atoms with Crippen molar-refractivity contribution in [2.24, 2.45) is 27.3 Å². The molecule has 0 fully saturated rings. The fraction of sp³-hybridized carbons (Fsp3) is 0.556. The first-order valence-electron chi connectivity index (χ1n) is 4.22. The highest BCUT2D eigenvalue weighted by Crippen LogP contribution is 2.37. The van der Waals surface area contributed by atoms with Crippen molar-refractivity contribution in [2.75, 3.05) is 0 Å². The molecule has 3 nitrogen and oxygen atoms in total. The largest absolute Gasteiger partial charge is 0.134 e. The van der Waals surface area contributed by atoms with Crippen LogP contribution in [0.15, 0.2) is 32.8 Å². The molecule has 0 saturated heterocycles. The summed E-state index contributed by atoms with van der Waals surface area (Å²) in [4.78, 5) is 0. The van der Waals surface area contributed by atoms with Gasteiger partial charge in [0.15, 0.2) is 0 Å². The zero-order valence-corrected chi connectivity index (χ0v) is 7.28. The lowest BCUT2D eigenvalue weighted by molar-refractivity contribution is 0.565. The fourth-order valence-corrected chi connectivity index (χ4v) is 1.87. The molecule has 12 heavy (non-hydrogen) atoms. The Morgan fingerprint density at radius 1 is 1.42 bits per heavy atom. The van der Waals surface area contributed by atoms with E-state index in [0.29, 0.717) is 11.8 Å². The van der Waals surface area contributed by atoms with Crippen molar-refractivity contribution in [3.63, 3.8) is 0 Å². The molecule has 0 spiro atoms. The van der Waals surface area contributed by atoms with E-state index < -0.39 is 0 Å². The molecule has 2 rings (SSSR count). The third-order valence-electron chi connectivity index (χ3n) is 2.48. The number of hydrogen-bond donors (Lipinski definition) is 0. The second-order valence-electron chi connectivity index (χ2n) is 3.44. The number of rotatable bonds is 0. The summed E-state index contributed by atoms with van der Waals surface area (Å²) in [6.45, 7) is 4.38. The Morgan fingerprint density at radius 3 is 3.08 bits per heavy atom. The van der Waals surface area contributed by atoms with Crippen LogP contribution in [0.4, 0.5) is 0 Å². The van der Waals surface area contributed by atoms with Gasteiger partial charge in [0.1, 0.15) is 0 Å². The molecule has 0 aromatic carbocycles. The van der Waals surface area contributed by atoms with Gasteiger partial charge < -0.3 is 0 Å². The standard InChI is InChI=1S/C9H11N3/c1-6-5-7(2)9-8(6)3-4-10-12-11-9/h3,6-7H,5H2,1-2H3. The maximum absolute atomic E-state index is 4.06. The van der Waals surface area contributed by atoms with E-state index in [0.717, 1.165) is 5.70 Å². The maximum Gasteiger partial charge on any atom is 0.0718 e. The van der Waals surface area contributed by atoms with Crippen LogP contribution in [0.1, 0.15) is 20.3 Å². The summed E-state index contributed by atoms with van der Waals surface area (Å²) in [6.07, 6.45) is 3.07. The molecule has 0 aromatic heterocycles. The van der Waals surface area contributed by atoms with Gasteiger partial charge in [0.2, 0.25) is 0 Å². The average Bonchev–Trinajstić information content (AvgIpc) is 2.29. The number of nitrogens with zero attached hydrogens (tertiary/aromatic N) is 3. The van der Waals surface area contributed by atoms with Crippen LogP contribution in [0.25, 0.3) is 0 Å². The van der Waals surface area contributed by atoms with Crippen LogP contribution in [-0.2, 0) is 0 Å². The molecule has 2 atom stereocenters. The topological polar surface area (TPSA) is 37.1 Å². The molecule has 1 aliphatic heterocycles. The lowest BCUT2D eigenvalue weighted by Gasteiger charge is -2.01. The van der Waals surface area contributed by atoms with Crippen LogP contribution < -0.4 is 0 Å². The molecule has 0 radical (unpaired) electrons. The van der Waals surface area contributed by atoms with Crippen LogP contribution in [0.2, 0.25) is 0 Å². The zero-order valence-electron chi connectivity index (χ0n) is 7.28. The van der Waals surface area contributed by atoms with E-state index in [-0.39, 0.29) is 0 Å². The van der Waals surface area contributed by atoms with E-state index in [1.54, 1.807) is 0 Å². The molecule has 1 aliphatic carbocycles. The molecule has 1 heterocycles. The molecule has 0 aromatic rings. The molecule has 0 amide bonds. The van der Waals surface area contributed by atoms with Crippen LogP contribution in [-0.4, -0.2) is 5.87 Å². The molecule has 2 aliphatic rings. The van der Waals surface area contributed by atoms with Gasteiger partial charge in [-0.2, -0.15) is 0 Å². The molecule has 3 heteroatoms. The van der Waals surface area contributed by atoms with Crippen molar-refractivity contribution < 1.29 is 0 Å². The van der Waals surface area contributed by atoms with Gasteiger partial charge in [-0.1, -0.05) is 18.9 Å². The van der Waals surface area contributed by atoms with Crippen LogP contribution in [0.3, 0.4) is 0 Å². The van der Waals surface area contributed by atoms with Gasteiger partial charge in [-0.3, -0.25) is 0 Å².